The van der Waals surface area contributed by atoms with Crippen LogP contribution in [0.25, 0.3) is 0 Å². The average Bonchev–Trinajstić information content (AvgIpc) is 2.74. The van der Waals surface area contributed by atoms with Gasteiger partial charge in [-0.05, 0) is 17.7 Å². The summed E-state index contributed by atoms with van der Waals surface area (Å²) >= 11 is 0. The van der Waals surface area contributed by atoms with Gasteiger partial charge in [-0.25, -0.2) is 9.97 Å². The number of anilines is 2. The fourth-order valence-electron chi connectivity index (χ4n) is 2.46. The van der Waals surface area contributed by atoms with Gasteiger partial charge in [-0.2, -0.15) is 0 Å². The van der Waals surface area contributed by atoms with E-state index in [-0.39, 0.29) is 11.6 Å². The molecule has 0 aliphatic rings. The van der Waals surface area contributed by atoms with Crippen molar-refractivity contribution in [3.05, 3.63) is 78.2 Å². The van der Waals surface area contributed by atoms with Crippen LogP contribution in [0.1, 0.15) is 16.1 Å². The van der Waals surface area contributed by atoms with E-state index in [1.165, 1.54) is 6.33 Å². The lowest BCUT2D eigenvalue weighted by Gasteiger charge is -2.10. The first kappa shape index (κ1) is 19.3. The van der Waals surface area contributed by atoms with E-state index in [9.17, 15) is 4.79 Å². The van der Waals surface area contributed by atoms with Gasteiger partial charge in [0.05, 0.1) is 6.61 Å². The topological polar surface area (TPSA) is 85.4 Å². The van der Waals surface area contributed by atoms with E-state index in [1.54, 1.807) is 25.3 Å². The Morgan fingerprint density at radius 3 is 2.71 bits per heavy atom. The summed E-state index contributed by atoms with van der Waals surface area (Å²) in [5.41, 5.74) is 1.97. The average molecular weight is 378 g/mol. The summed E-state index contributed by atoms with van der Waals surface area (Å²) in [6, 6.07) is 18.7. The molecule has 0 aliphatic carbocycles. The number of nitrogens with one attached hydrogen (secondary N) is 2. The number of methoxy groups -OCH3 is 1. The molecule has 0 saturated heterocycles. The van der Waals surface area contributed by atoms with Gasteiger partial charge in [0, 0.05) is 31.5 Å². The molecule has 7 heteroatoms. The molecule has 3 aromatic rings. The first-order valence-corrected chi connectivity index (χ1v) is 8.87. The smallest absolute Gasteiger partial charge is 0.274 e. The number of hydrogen-bond donors (Lipinski definition) is 2. The lowest BCUT2D eigenvalue weighted by atomic mass is 10.2. The largest absolute Gasteiger partial charge is 0.489 e. The zero-order valence-electron chi connectivity index (χ0n) is 15.6. The molecule has 0 unspecified atom stereocenters. The van der Waals surface area contributed by atoms with Gasteiger partial charge >= 0.3 is 0 Å². The zero-order valence-corrected chi connectivity index (χ0v) is 15.6. The van der Waals surface area contributed by atoms with Crippen LogP contribution in [0.15, 0.2) is 67.0 Å². The van der Waals surface area contributed by atoms with Gasteiger partial charge in [0.2, 0.25) is 0 Å². The second-order valence-electron chi connectivity index (χ2n) is 5.96. The van der Waals surface area contributed by atoms with E-state index >= 15 is 0 Å². The normalized spacial score (nSPS) is 10.3. The molecule has 0 saturated carbocycles. The Morgan fingerprint density at radius 2 is 1.89 bits per heavy atom. The van der Waals surface area contributed by atoms with Crippen LogP contribution in [-0.2, 0) is 11.3 Å². The standard InChI is InChI=1S/C21H22N4O3/c1-27-11-10-22-20-13-19(23-15-24-20)21(26)25-17-8-5-9-18(12-17)28-14-16-6-3-2-4-7-16/h2-9,12-13,15H,10-11,14H2,1H3,(H,25,26)(H,22,23,24). The SMILES string of the molecule is COCCNc1cc(C(=O)Nc2cccc(OCc3ccccc3)c2)ncn1. The van der Waals surface area contributed by atoms with Gasteiger partial charge in [0.1, 0.15) is 30.2 Å². The highest BCUT2D eigenvalue weighted by Gasteiger charge is 2.10. The quantitative estimate of drug-likeness (QED) is 0.555. The predicted molar refractivity (Wildman–Crippen MR) is 108 cm³/mol. The number of hydrogen-bond acceptors (Lipinski definition) is 6. The molecule has 2 N–H and O–H groups in total. The summed E-state index contributed by atoms with van der Waals surface area (Å²) in [5, 5.41) is 5.90. The Kier molecular flexibility index (Phi) is 6.92. The molecule has 1 aromatic heterocycles. The molecule has 28 heavy (non-hydrogen) atoms. The molecule has 2 aromatic carbocycles. The molecular formula is C21H22N4O3. The minimum absolute atomic E-state index is 0.269. The highest BCUT2D eigenvalue weighted by atomic mass is 16.5. The van der Waals surface area contributed by atoms with Gasteiger partial charge in [-0.15, -0.1) is 0 Å². The molecule has 0 fully saturated rings. The lowest BCUT2D eigenvalue weighted by molar-refractivity contribution is 0.102. The molecule has 1 heterocycles. The molecule has 0 bridgehead atoms. The third-order valence-corrected chi connectivity index (χ3v) is 3.85. The number of rotatable bonds is 9. The van der Waals surface area contributed by atoms with Crippen LogP contribution in [0, 0.1) is 0 Å². The summed E-state index contributed by atoms with van der Waals surface area (Å²) in [4.78, 5) is 20.6. The van der Waals surface area contributed by atoms with E-state index in [0.29, 0.717) is 37.0 Å². The van der Waals surface area contributed by atoms with Crippen LogP contribution in [0.4, 0.5) is 11.5 Å². The van der Waals surface area contributed by atoms with Crippen molar-refractivity contribution in [1.82, 2.24) is 9.97 Å². The van der Waals surface area contributed by atoms with Crippen LogP contribution in [0.5, 0.6) is 5.75 Å². The van der Waals surface area contributed by atoms with Gasteiger partial charge in [0.25, 0.3) is 5.91 Å². The molecule has 0 aliphatic heterocycles. The van der Waals surface area contributed by atoms with E-state index in [4.69, 9.17) is 9.47 Å². The summed E-state index contributed by atoms with van der Waals surface area (Å²) in [7, 11) is 1.62. The van der Waals surface area contributed by atoms with Gasteiger partial charge in [0.15, 0.2) is 0 Å². The van der Waals surface area contributed by atoms with E-state index in [0.717, 1.165) is 5.56 Å². The minimum Gasteiger partial charge on any atom is -0.489 e. The molecular weight excluding hydrogens is 356 g/mol. The van der Waals surface area contributed by atoms with Crippen molar-refractivity contribution >= 4 is 17.4 Å². The molecule has 7 nitrogen and oxygen atoms in total. The Bertz CT molecular complexity index is 903. The zero-order chi connectivity index (χ0) is 19.6. The number of amides is 1. The Balaban J connectivity index is 1.60. The number of nitrogens with zero attached hydrogens (tertiary/aromatic N) is 2. The molecule has 0 radical (unpaired) electrons. The Hall–Kier alpha value is -3.45. The van der Waals surface area contributed by atoms with Crippen molar-refractivity contribution in [1.29, 1.82) is 0 Å². The summed E-state index contributed by atoms with van der Waals surface area (Å²) in [5.74, 6) is 0.917. The first-order valence-electron chi connectivity index (χ1n) is 8.87. The maximum Gasteiger partial charge on any atom is 0.274 e. The van der Waals surface area contributed by atoms with Crippen LogP contribution in [-0.4, -0.2) is 36.1 Å². The van der Waals surface area contributed by atoms with Crippen LogP contribution in [0.2, 0.25) is 0 Å². The Morgan fingerprint density at radius 1 is 1.04 bits per heavy atom. The lowest BCUT2D eigenvalue weighted by Crippen LogP contribution is -2.15. The highest BCUT2D eigenvalue weighted by Crippen LogP contribution is 2.19. The molecule has 3 rings (SSSR count). The molecule has 0 atom stereocenters. The number of ether oxygens (including phenoxy) is 2. The number of carbonyl (C=O) groups is 1. The van der Waals surface area contributed by atoms with Crippen molar-refractivity contribution in [2.45, 2.75) is 6.61 Å². The Labute approximate surface area is 163 Å². The monoisotopic (exact) mass is 378 g/mol. The van der Waals surface area contributed by atoms with Crippen molar-refractivity contribution in [2.24, 2.45) is 0 Å². The first-order chi connectivity index (χ1) is 13.7. The van der Waals surface area contributed by atoms with Crippen molar-refractivity contribution in [3.63, 3.8) is 0 Å². The molecule has 144 valence electrons. The van der Waals surface area contributed by atoms with E-state index < -0.39 is 0 Å². The summed E-state index contributed by atoms with van der Waals surface area (Å²) in [6.07, 6.45) is 1.35. The maximum absolute atomic E-state index is 12.5. The van der Waals surface area contributed by atoms with Crippen LogP contribution < -0.4 is 15.4 Å². The van der Waals surface area contributed by atoms with Crippen molar-refractivity contribution in [3.8, 4) is 5.75 Å². The van der Waals surface area contributed by atoms with Crippen molar-refractivity contribution < 1.29 is 14.3 Å². The number of carbonyl (C=O) groups excluding carboxylic acids is 1. The maximum atomic E-state index is 12.5. The van der Waals surface area contributed by atoms with Crippen LogP contribution in [0.3, 0.4) is 0 Å². The predicted octanol–water partition coefficient (Wildman–Crippen LogP) is 3.37. The van der Waals surface area contributed by atoms with E-state index in [1.807, 2.05) is 42.5 Å². The number of aromatic nitrogens is 2. The second-order valence-corrected chi connectivity index (χ2v) is 5.96. The van der Waals surface area contributed by atoms with Crippen molar-refractivity contribution in [2.75, 3.05) is 30.9 Å². The highest BCUT2D eigenvalue weighted by molar-refractivity contribution is 6.03. The summed E-state index contributed by atoms with van der Waals surface area (Å²) < 4.78 is 10.8. The minimum atomic E-state index is -0.322. The summed E-state index contributed by atoms with van der Waals surface area (Å²) in [6.45, 7) is 1.59. The molecule has 1 amide bonds. The van der Waals surface area contributed by atoms with Gasteiger partial charge < -0.3 is 20.1 Å². The fourth-order valence-corrected chi connectivity index (χ4v) is 2.46. The fraction of sp³-hybridized carbons (Fsp3) is 0.190. The van der Waals surface area contributed by atoms with Gasteiger partial charge in [-0.1, -0.05) is 36.4 Å². The third-order valence-electron chi connectivity index (χ3n) is 3.85. The van der Waals surface area contributed by atoms with E-state index in [2.05, 4.69) is 20.6 Å². The molecule has 0 spiro atoms. The third kappa shape index (κ3) is 5.78. The van der Waals surface area contributed by atoms with Gasteiger partial charge in [-0.3, -0.25) is 4.79 Å². The van der Waals surface area contributed by atoms with Crippen LogP contribution >= 0.6 is 0 Å². The number of benzene rings is 2. The second kappa shape index (κ2) is 10.0.